The number of likely N-dealkylation sites (tertiary alicyclic amines) is 2. The molecule has 0 atom stereocenters. The highest BCUT2D eigenvalue weighted by atomic mass is 19.1. The molecule has 43 heavy (non-hydrogen) atoms. The van der Waals surface area contributed by atoms with Gasteiger partial charge >= 0.3 is 0 Å². The number of benzene rings is 2. The van der Waals surface area contributed by atoms with Gasteiger partial charge in [0, 0.05) is 50.2 Å². The van der Waals surface area contributed by atoms with E-state index in [-0.39, 0.29) is 11.7 Å². The maximum absolute atomic E-state index is 13.5. The van der Waals surface area contributed by atoms with Crippen molar-refractivity contribution in [3.8, 4) is 28.3 Å². The number of fused-ring (bicyclic) bond motifs is 1. The number of aromatic nitrogens is 4. The third-order valence-electron chi connectivity index (χ3n) is 8.79. The van der Waals surface area contributed by atoms with Crippen molar-refractivity contribution in [3.05, 3.63) is 103 Å². The van der Waals surface area contributed by atoms with Gasteiger partial charge in [-0.05, 0) is 78.4 Å². The van der Waals surface area contributed by atoms with Gasteiger partial charge in [-0.2, -0.15) is 0 Å². The standard InChI is InChI=1S/C34H32FN7O/c1-2-31(43)41-16-13-34(14-17-41)21-40(22-34)20-23-5-9-26(10-6-23)42-30-18-24(28-12-8-25(35)19-38-28)7-11-29(30)39-33(42)27-4-3-15-37-32(27)36/h2-12,15,18-19H,1,13-14,16-17,20-22H2,(H2,36,37). The van der Waals surface area contributed by atoms with Crippen molar-refractivity contribution in [3.63, 3.8) is 0 Å². The molecule has 2 fully saturated rings. The average Bonchev–Trinajstić information content (AvgIpc) is 3.40. The summed E-state index contributed by atoms with van der Waals surface area (Å²) in [7, 11) is 0. The third kappa shape index (κ3) is 5.06. The van der Waals surface area contributed by atoms with Gasteiger partial charge in [-0.25, -0.2) is 14.4 Å². The number of halogens is 1. The molecule has 7 rings (SSSR count). The lowest BCUT2D eigenvalue weighted by molar-refractivity contribution is -0.131. The first-order valence-corrected chi connectivity index (χ1v) is 14.5. The lowest BCUT2D eigenvalue weighted by atomic mass is 9.72. The number of imidazole rings is 1. The summed E-state index contributed by atoms with van der Waals surface area (Å²) in [5.41, 5.74) is 12.8. The van der Waals surface area contributed by atoms with Crippen LogP contribution >= 0.6 is 0 Å². The molecule has 0 unspecified atom stereocenters. The number of nitrogens with zero attached hydrogens (tertiary/aromatic N) is 6. The number of pyridine rings is 2. The van der Waals surface area contributed by atoms with Crippen LogP contribution in [0.3, 0.4) is 0 Å². The van der Waals surface area contributed by atoms with Crippen molar-refractivity contribution >= 4 is 22.8 Å². The summed E-state index contributed by atoms with van der Waals surface area (Å²) in [5.74, 6) is 0.767. The summed E-state index contributed by atoms with van der Waals surface area (Å²) in [6.07, 6.45) is 6.40. The topological polar surface area (TPSA) is 93.2 Å². The van der Waals surface area contributed by atoms with Gasteiger partial charge in [0.05, 0.1) is 28.5 Å². The van der Waals surface area contributed by atoms with Crippen LogP contribution in [0, 0.1) is 11.2 Å². The molecule has 2 N–H and O–H groups in total. The van der Waals surface area contributed by atoms with Gasteiger partial charge < -0.3 is 10.6 Å². The van der Waals surface area contributed by atoms with Gasteiger partial charge in [-0.15, -0.1) is 0 Å². The highest BCUT2D eigenvalue weighted by Gasteiger charge is 2.44. The summed E-state index contributed by atoms with van der Waals surface area (Å²) in [4.78, 5) is 29.9. The van der Waals surface area contributed by atoms with Crippen molar-refractivity contribution in [2.24, 2.45) is 5.41 Å². The zero-order chi connectivity index (χ0) is 29.6. The number of hydrogen-bond acceptors (Lipinski definition) is 6. The Hall–Kier alpha value is -4.89. The Morgan fingerprint density at radius 1 is 1.02 bits per heavy atom. The predicted molar refractivity (Wildman–Crippen MR) is 166 cm³/mol. The molecule has 0 saturated carbocycles. The second-order valence-corrected chi connectivity index (χ2v) is 11.6. The normalized spacial score (nSPS) is 16.3. The van der Waals surface area contributed by atoms with Crippen molar-refractivity contribution in [1.82, 2.24) is 29.3 Å². The van der Waals surface area contributed by atoms with E-state index in [1.54, 1.807) is 12.3 Å². The molecule has 8 nitrogen and oxygen atoms in total. The van der Waals surface area contributed by atoms with Gasteiger partial charge in [-0.1, -0.05) is 24.8 Å². The van der Waals surface area contributed by atoms with Gasteiger partial charge in [0.25, 0.3) is 0 Å². The molecule has 5 aromatic rings. The molecule has 2 aromatic carbocycles. The maximum Gasteiger partial charge on any atom is 0.245 e. The monoisotopic (exact) mass is 573 g/mol. The molecule has 1 spiro atoms. The van der Waals surface area contributed by atoms with Gasteiger partial charge in [-0.3, -0.25) is 19.2 Å². The van der Waals surface area contributed by atoms with Crippen LogP contribution in [0.2, 0.25) is 0 Å². The lowest BCUT2D eigenvalue weighted by Crippen LogP contribution is -2.60. The van der Waals surface area contributed by atoms with E-state index >= 15 is 0 Å². The molecular formula is C34H32FN7O. The van der Waals surface area contributed by atoms with Crippen molar-refractivity contribution in [1.29, 1.82) is 0 Å². The highest BCUT2D eigenvalue weighted by molar-refractivity contribution is 5.88. The molecule has 0 bridgehead atoms. The van der Waals surface area contributed by atoms with Crippen LogP contribution in [0.15, 0.2) is 91.8 Å². The average molecular weight is 574 g/mol. The van der Waals surface area contributed by atoms with E-state index in [4.69, 9.17) is 10.7 Å². The van der Waals surface area contributed by atoms with E-state index in [9.17, 15) is 9.18 Å². The quantitative estimate of drug-likeness (QED) is 0.271. The number of carbonyl (C=O) groups excluding carboxylic acids is 1. The van der Waals surface area contributed by atoms with Crippen LogP contribution in [0.25, 0.3) is 39.4 Å². The Morgan fingerprint density at radius 3 is 2.51 bits per heavy atom. The fraction of sp³-hybridized carbons (Fsp3) is 0.235. The van der Waals surface area contributed by atoms with Crippen LogP contribution in [0.5, 0.6) is 0 Å². The molecular weight excluding hydrogens is 541 g/mol. The summed E-state index contributed by atoms with van der Waals surface area (Å²) in [6, 6.07) is 21.4. The van der Waals surface area contributed by atoms with E-state index in [1.807, 2.05) is 35.2 Å². The molecule has 3 aromatic heterocycles. The molecule has 2 aliphatic rings. The summed E-state index contributed by atoms with van der Waals surface area (Å²) < 4.78 is 15.6. The van der Waals surface area contributed by atoms with Gasteiger partial charge in [0.1, 0.15) is 17.5 Å². The van der Waals surface area contributed by atoms with E-state index < -0.39 is 0 Å². The number of nitrogens with two attached hydrogens (primary N) is 1. The molecule has 2 saturated heterocycles. The molecule has 2 aliphatic heterocycles. The fourth-order valence-electron chi connectivity index (χ4n) is 6.50. The predicted octanol–water partition coefficient (Wildman–Crippen LogP) is 5.48. The maximum atomic E-state index is 13.5. The number of nitrogen functional groups attached to an aromatic ring is 1. The smallest absolute Gasteiger partial charge is 0.245 e. The Morgan fingerprint density at radius 2 is 1.81 bits per heavy atom. The fourth-order valence-corrected chi connectivity index (χ4v) is 6.50. The zero-order valence-corrected chi connectivity index (χ0v) is 23.8. The van der Waals surface area contributed by atoms with E-state index in [0.717, 1.165) is 73.4 Å². The number of hydrogen-bond donors (Lipinski definition) is 1. The van der Waals surface area contributed by atoms with Crippen molar-refractivity contribution in [2.45, 2.75) is 19.4 Å². The largest absolute Gasteiger partial charge is 0.383 e. The number of carbonyl (C=O) groups is 1. The Kier molecular flexibility index (Phi) is 6.74. The van der Waals surface area contributed by atoms with Gasteiger partial charge in [0.2, 0.25) is 5.91 Å². The minimum atomic E-state index is -0.372. The van der Waals surface area contributed by atoms with E-state index in [2.05, 4.69) is 50.3 Å². The van der Waals surface area contributed by atoms with Crippen molar-refractivity contribution in [2.75, 3.05) is 31.9 Å². The third-order valence-corrected chi connectivity index (χ3v) is 8.79. The van der Waals surface area contributed by atoms with Crippen LogP contribution in [0.1, 0.15) is 18.4 Å². The highest BCUT2D eigenvalue weighted by Crippen LogP contribution is 2.41. The molecule has 9 heteroatoms. The number of anilines is 1. The lowest BCUT2D eigenvalue weighted by Gasteiger charge is -2.54. The van der Waals surface area contributed by atoms with Crippen LogP contribution < -0.4 is 5.73 Å². The van der Waals surface area contributed by atoms with E-state index in [0.29, 0.717) is 22.8 Å². The first kappa shape index (κ1) is 27.0. The Labute approximate surface area is 249 Å². The summed E-state index contributed by atoms with van der Waals surface area (Å²) >= 11 is 0. The summed E-state index contributed by atoms with van der Waals surface area (Å²) in [5, 5.41) is 0. The second-order valence-electron chi connectivity index (χ2n) is 11.6. The molecule has 5 heterocycles. The minimum Gasteiger partial charge on any atom is -0.383 e. The molecule has 0 aliphatic carbocycles. The van der Waals surface area contributed by atoms with Crippen LogP contribution in [-0.4, -0.2) is 61.4 Å². The first-order chi connectivity index (χ1) is 20.9. The first-order valence-electron chi connectivity index (χ1n) is 14.5. The number of rotatable bonds is 6. The van der Waals surface area contributed by atoms with Crippen LogP contribution in [-0.2, 0) is 11.3 Å². The Bertz CT molecular complexity index is 1810. The number of piperidine rings is 1. The van der Waals surface area contributed by atoms with Crippen molar-refractivity contribution < 1.29 is 9.18 Å². The summed E-state index contributed by atoms with van der Waals surface area (Å²) in [6.45, 7) is 8.24. The minimum absolute atomic E-state index is 0.0366. The van der Waals surface area contributed by atoms with E-state index in [1.165, 1.54) is 23.9 Å². The SMILES string of the molecule is C=CC(=O)N1CCC2(CC1)CN(Cc1ccc(-n3c(-c4cccnc4N)nc4ccc(-c5ccc(F)cn5)cc43)cc1)C2. The molecule has 216 valence electrons. The second kappa shape index (κ2) is 10.7. The van der Waals surface area contributed by atoms with Crippen LogP contribution in [0.4, 0.5) is 10.2 Å². The van der Waals surface area contributed by atoms with Gasteiger partial charge in [0.15, 0.2) is 0 Å². The Balaban J connectivity index is 1.16. The number of amides is 1. The zero-order valence-electron chi connectivity index (χ0n) is 23.8. The molecule has 0 radical (unpaired) electrons. The molecule has 1 amide bonds.